The molecule has 6 aromatic carbocycles. The largest absolute Gasteiger partial charge is 0.383 e. The monoisotopic (exact) mass is 1400 g/mol. The van der Waals surface area contributed by atoms with E-state index in [1.807, 2.05) is 187 Å². The van der Waals surface area contributed by atoms with Gasteiger partial charge in [0.1, 0.15) is 51.2 Å². The molecule has 12 rings (SSSR count). The molecule has 1 atom stereocenters. The van der Waals surface area contributed by atoms with Gasteiger partial charge in [0.15, 0.2) is 0 Å². The van der Waals surface area contributed by atoms with Gasteiger partial charge in [-0.3, -0.25) is 28.8 Å². The number of rotatable bonds is 19. The number of carbonyl (C=O) groups excluding carboxylic acids is 6. The number of aromatic nitrogens is 6. The molecule has 9 aromatic rings. The van der Waals surface area contributed by atoms with Gasteiger partial charge < -0.3 is 64.1 Å². The lowest BCUT2D eigenvalue weighted by atomic mass is 9.82. The van der Waals surface area contributed by atoms with Gasteiger partial charge in [-0.1, -0.05) is 141 Å². The Balaban J connectivity index is 0.000000166. The number of nitrogen functional groups attached to an aromatic ring is 2. The predicted molar refractivity (Wildman–Crippen MR) is 399 cm³/mol. The number of anilines is 3. The van der Waals surface area contributed by atoms with Gasteiger partial charge in [-0.05, 0) is 132 Å². The van der Waals surface area contributed by atoms with Crippen LogP contribution in [0.1, 0.15) is 187 Å². The lowest BCUT2D eigenvalue weighted by Crippen LogP contribution is -2.46. The van der Waals surface area contributed by atoms with E-state index < -0.39 is 17.7 Å². The van der Waals surface area contributed by atoms with Crippen LogP contribution in [-0.4, -0.2) is 109 Å². The number of carbonyl (C=O) groups is 6. The van der Waals surface area contributed by atoms with Crippen LogP contribution in [0.25, 0.3) is 33.8 Å². The lowest BCUT2D eigenvalue weighted by Gasteiger charge is -2.45. The van der Waals surface area contributed by atoms with Crippen LogP contribution in [0.2, 0.25) is 0 Å². The molecule has 540 valence electrons. The Labute approximate surface area is 600 Å². The summed E-state index contributed by atoms with van der Waals surface area (Å²) in [5, 5.41) is 26.3. The molecule has 3 fully saturated rings. The van der Waals surface area contributed by atoms with Crippen LogP contribution in [0.4, 0.5) is 17.5 Å². The molecule has 1 unspecified atom stereocenters. The summed E-state index contributed by atoms with van der Waals surface area (Å²) in [7, 11) is 1.77. The molecule has 103 heavy (non-hydrogen) atoms. The average Bonchev–Trinajstić information content (AvgIpc) is 1.31. The Kier molecular flexibility index (Phi) is 23.2. The molecule has 6 heterocycles. The van der Waals surface area contributed by atoms with E-state index >= 15 is 0 Å². The first-order chi connectivity index (χ1) is 49.0. The van der Waals surface area contributed by atoms with Crippen LogP contribution in [-0.2, 0) is 33.8 Å². The number of ether oxygens (including phenoxy) is 3. The standard InChI is InChI=1S/C28H35N5O3.C26H31N5O3.C25H29N5O3/c1-17-8-6-7-9-21(17)26(35)31-16-18-10-12-19(13-11-18)23-22(25(30)34)24(29)33(32-23)20-14-27(2,3)36-28(4,5)15-20;1-16-6-4-5-7-19(16)25(33)29-14-17-8-10-18(11-9-17)22-21(24(28)32)23(27)31(30-22)20-12-13-34-15-26(20,2)3;1-16-5-3-4-6-20(16)25(32)28-15-17-7-9-18(10-8-17)22-21(23(26)31)24(27-2)30(29-22)19-11-13-33-14-12-19/h6-13,20H,14-16,29H2,1-5H3,(H2,30,34)(H,31,35);4-11,20H,12-15,27H2,1-3H3,(H2,28,32)(H,29,33);3-10,19,27H,11-15H2,1-2H3,(H2,26,31)(H,28,32). The predicted octanol–water partition coefficient (Wildman–Crippen LogP) is 11.1. The van der Waals surface area contributed by atoms with Gasteiger partial charge in [-0.2, -0.15) is 15.3 Å². The highest BCUT2D eigenvalue weighted by molar-refractivity contribution is 6.05. The van der Waals surface area contributed by atoms with Gasteiger partial charge in [0.05, 0.1) is 35.9 Å². The van der Waals surface area contributed by atoms with Crippen LogP contribution >= 0.6 is 0 Å². The van der Waals surface area contributed by atoms with Crippen molar-refractivity contribution < 1.29 is 43.0 Å². The third kappa shape index (κ3) is 17.5. The molecule has 24 nitrogen and oxygen atoms in total. The van der Waals surface area contributed by atoms with Gasteiger partial charge >= 0.3 is 0 Å². The molecule has 0 saturated carbocycles. The van der Waals surface area contributed by atoms with Crippen molar-refractivity contribution >= 4 is 52.9 Å². The molecule has 3 aliphatic heterocycles. The van der Waals surface area contributed by atoms with Crippen LogP contribution in [0, 0.1) is 26.2 Å². The van der Waals surface area contributed by atoms with E-state index in [4.69, 9.17) is 58.2 Å². The third-order valence-corrected chi connectivity index (χ3v) is 19.1. The fraction of sp³-hybridized carbons (Fsp3) is 0.354. The quantitative estimate of drug-likeness (QED) is 0.0363. The molecule has 0 radical (unpaired) electrons. The first-order valence-electron chi connectivity index (χ1n) is 34.7. The van der Waals surface area contributed by atoms with E-state index in [2.05, 4.69) is 35.1 Å². The molecule has 0 aliphatic carbocycles. The second-order valence-electron chi connectivity index (χ2n) is 28.4. The molecular formula is C79H95N15O9. The summed E-state index contributed by atoms with van der Waals surface area (Å²) in [6.45, 7) is 21.8. The topological polar surface area (TPSA) is 362 Å². The highest BCUT2D eigenvalue weighted by atomic mass is 16.5. The molecule has 3 saturated heterocycles. The fourth-order valence-corrected chi connectivity index (χ4v) is 13.9. The second-order valence-corrected chi connectivity index (χ2v) is 28.4. The maximum atomic E-state index is 12.5. The van der Waals surface area contributed by atoms with E-state index in [1.54, 1.807) is 28.5 Å². The fourth-order valence-electron chi connectivity index (χ4n) is 13.9. The SMILES string of the molecule is CNc1c(C(N)=O)c(-c2ccc(CNC(=O)c3ccccc3C)cc2)nn1C1CCOCC1.Cc1ccccc1C(=O)NCc1ccc(-c2nn(C3CC(C)(C)OC(C)(C)C3)c(N)c2C(N)=O)cc1.Cc1ccccc1C(=O)NCc1ccc(-c2nn(C3CCOCC3(C)C)c(N)c2C(N)=O)cc1. The van der Waals surface area contributed by atoms with Gasteiger partial charge in [0, 0.05) is 85.3 Å². The smallest absolute Gasteiger partial charge is 0.254 e. The minimum Gasteiger partial charge on any atom is -0.383 e. The minimum atomic E-state index is -0.617. The van der Waals surface area contributed by atoms with Crippen molar-refractivity contribution in [3.63, 3.8) is 0 Å². The summed E-state index contributed by atoms with van der Waals surface area (Å²) in [4.78, 5) is 74.5. The first kappa shape index (κ1) is 74.7. The molecule has 14 N–H and O–H groups in total. The number of primary amides is 3. The second kappa shape index (κ2) is 31.9. The van der Waals surface area contributed by atoms with Crippen LogP contribution in [0.5, 0.6) is 0 Å². The van der Waals surface area contributed by atoms with Gasteiger partial charge in [-0.25, -0.2) is 14.0 Å². The number of hydrogen-bond acceptors (Lipinski definition) is 15. The molecule has 3 aromatic heterocycles. The van der Waals surface area contributed by atoms with Crippen molar-refractivity contribution in [3.05, 3.63) is 212 Å². The number of hydrogen-bond donors (Lipinski definition) is 9. The molecule has 24 heteroatoms. The van der Waals surface area contributed by atoms with E-state index in [0.717, 1.165) is 69.3 Å². The Morgan fingerprint density at radius 3 is 1.17 bits per heavy atom. The lowest BCUT2D eigenvalue weighted by molar-refractivity contribution is -0.170. The number of amides is 6. The van der Waals surface area contributed by atoms with E-state index in [9.17, 15) is 28.8 Å². The summed E-state index contributed by atoms with van der Waals surface area (Å²) < 4.78 is 22.6. The van der Waals surface area contributed by atoms with Gasteiger partial charge in [-0.15, -0.1) is 0 Å². The normalized spacial score (nSPS) is 16.2. The summed E-state index contributed by atoms with van der Waals surface area (Å²) in [6.07, 6.45) is 3.82. The number of nitrogens with one attached hydrogen (secondary N) is 4. The number of nitrogens with zero attached hydrogens (tertiary/aromatic N) is 6. The third-order valence-electron chi connectivity index (χ3n) is 19.1. The van der Waals surface area contributed by atoms with E-state index in [1.165, 1.54) is 0 Å². The summed E-state index contributed by atoms with van der Waals surface area (Å²) >= 11 is 0. The van der Waals surface area contributed by atoms with Crippen molar-refractivity contribution in [3.8, 4) is 33.8 Å². The van der Waals surface area contributed by atoms with E-state index in [-0.39, 0.29) is 75.2 Å². The number of benzene rings is 6. The van der Waals surface area contributed by atoms with Crippen molar-refractivity contribution in [1.82, 2.24) is 45.3 Å². The summed E-state index contributed by atoms with van der Waals surface area (Å²) in [5.74, 6) is -0.941. The average molecular weight is 1400 g/mol. The Morgan fingerprint density at radius 2 is 0.806 bits per heavy atom. The van der Waals surface area contributed by atoms with Gasteiger partial charge in [0.25, 0.3) is 35.4 Å². The number of nitrogens with two attached hydrogens (primary N) is 5. The molecule has 0 spiro atoms. The molecular weight excluding hydrogens is 1300 g/mol. The highest BCUT2D eigenvalue weighted by Gasteiger charge is 2.42. The zero-order chi connectivity index (χ0) is 74.1. The Hall–Kier alpha value is -11.0. The first-order valence-corrected chi connectivity index (χ1v) is 34.7. The van der Waals surface area contributed by atoms with Crippen molar-refractivity contribution in [2.24, 2.45) is 22.6 Å². The van der Waals surface area contributed by atoms with Gasteiger partial charge in [0.2, 0.25) is 0 Å². The number of aryl methyl sites for hydroxylation is 3. The highest BCUT2D eigenvalue weighted by Crippen LogP contribution is 2.44. The molecule has 3 aliphatic rings. The van der Waals surface area contributed by atoms with Crippen LogP contribution in [0.15, 0.2) is 146 Å². The Bertz CT molecular complexity index is 4550. The maximum Gasteiger partial charge on any atom is 0.254 e. The summed E-state index contributed by atoms with van der Waals surface area (Å²) in [6, 6.07) is 45.2. The molecule has 6 amide bonds. The van der Waals surface area contributed by atoms with E-state index in [0.29, 0.717) is 104 Å². The van der Waals surface area contributed by atoms with Crippen molar-refractivity contribution in [1.29, 1.82) is 0 Å². The zero-order valence-electron chi connectivity index (χ0n) is 60.3. The van der Waals surface area contributed by atoms with Crippen LogP contribution < -0.4 is 49.9 Å². The zero-order valence-corrected chi connectivity index (χ0v) is 60.3. The Morgan fingerprint density at radius 1 is 0.456 bits per heavy atom. The summed E-state index contributed by atoms with van der Waals surface area (Å²) in [5.41, 5.74) is 41.2. The maximum absolute atomic E-state index is 12.5. The molecule has 0 bridgehead atoms. The van der Waals surface area contributed by atoms with Crippen molar-refractivity contribution in [2.75, 3.05) is 50.3 Å². The van der Waals surface area contributed by atoms with Crippen molar-refractivity contribution in [2.45, 2.75) is 143 Å². The van der Waals surface area contributed by atoms with Crippen LogP contribution in [0.3, 0.4) is 0 Å². The minimum absolute atomic E-state index is 0.0102.